The van der Waals surface area contributed by atoms with E-state index in [1.807, 2.05) is 17.0 Å². The Morgan fingerprint density at radius 2 is 2.24 bits per heavy atom. The maximum atomic E-state index is 12.9. The van der Waals surface area contributed by atoms with Crippen molar-refractivity contribution in [3.05, 3.63) is 29.8 Å². The zero-order chi connectivity index (χ0) is 14.7. The Morgan fingerprint density at radius 3 is 3.00 bits per heavy atom. The fraction of sp³-hybridized carbons (Fsp3) is 0.588. The molecule has 2 aliphatic heterocycles. The molecule has 1 N–H and O–H groups in total. The summed E-state index contributed by atoms with van der Waals surface area (Å²) in [5.41, 5.74) is 2.26. The average Bonchev–Trinajstić information content (AvgIpc) is 3.04. The number of benzene rings is 1. The van der Waals surface area contributed by atoms with Crippen LogP contribution in [0.2, 0.25) is 0 Å². The summed E-state index contributed by atoms with van der Waals surface area (Å²) in [7, 11) is 0. The van der Waals surface area contributed by atoms with Gasteiger partial charge in [-0.2, -0.15) is 0 Å². The van der Waals surface area contributed by atoms with E-state index in [2.05, 4.69) is 24.4 Å². The van der Waals surface area contributed by atoms with Gasteiger partial charge >= 0.3 is 0 Å². The SMILES string of the molecule is CCN(CC1CCOC1)C(=O)C1CCNc2ccccc21. The number of nitrogens with zero attached hydrogens (tertiary/aromatic N) is 1. The maximum Gasteiger partial charge on any atom is 0.230 e. The molecule has 1 fully saturated rings. The third-order valence-corrected chi connectivity index (χ3v) is 4.58. The molecule has 1 aromatic carbocycles. The number of amides is 1. The number of hydrogen-bond donors (Lipinski definition) is 1. The second kappa shape index (κ2) is 6.48. The topological polar surface area (TPSA) is 41.6 Å². The van der Waals surface area contributed by atoms with Crippen LogP contribution in [0.4, 0.5) is 5.69 Å². The molecule has 0 saturated carbocycles. The van der Waals surface area contributed by atoms with Gasteiger partial charge in [-0.15, -0.1) is 0 Å². The average molecular weight is 288 g/mol. The number of anilines is 1. The third-order valence-electron chi connectivity index (χ3n) is 4.58. The molecule has 1 aromatic rings. The predicted molar refractivity (Wildman–Crippen MR) is 83.5 cm³/mol. The van der Waals surface area contributed by atoms with E-state index >= 15 is 0 Å². The van der Waals surface area contributed by atoms with E-state index in [1.54, 1.807) is 0 Å². The molecule has 1 amide bonds. The van der Waals surface area contributed by atoms with Gasteiger partial charge in [-0.25, -0.2) is 0 Å². The number of carbonyl (C=O) groups excluding carboxylic acids is 1. The lowest BCUT2D eigenvalue weighted by Crippen LogP contribution is -2.40. The molecule has 0 radical (unpaired) electrons. The first-order valence-corrected chi connectivity index (χ1v) is 7.99. The molecule has 2 aliphatic rings. The summed E-state index contributed by atoms with van der Waals surface area (Å²) in [5.74, 6) is 0.786. The number of rotatable bonds is 4. The molecule has 3 rings (SSSR count). The van der Waals surface area contributed by atoms with Crippen molar-refractivity contribution in [3.8, 4) is 0 Å². The van der Waals surface area contributed by atoms with Crippen LogP contribution in [0, 0.1) is 5.92 Å². The molecule has 0 bridgehead atoms. The lowest BCUT2D eigenvalue weighted by atomic mass is 9.89. The lowest BCUT2D eigenvalue weighted by molar-refractivity contribution is -0.133. The van der Waals surface area contributed by atoms with Gasteiger partial charge in [-0.1, -0.05) is 18.2 Å². The van der Waals surface area contributed by atoms with E-state index in [-0.39, 0.29) is 11.8 Å². The fourth-order valence-corrected chi connectivity index (χ4v) is 3.36. The van der Waals surface area contributed by atoms with Crippen LogP contribution in [0.5, 0.6) is 0 Å². The summed E-state index contributed by atoms with van der Waals surface area (Å²) < 4.78 is 5.44. The van der Waals surface area contributed by atoms with E-state index in [0.29, 0.717) is 5.92 Å². The van der Waals surface area contributed by atoms with Crippen molar-refractivity contribution in [2.45, 2.75) is 25.7 Å². The minimum Gasteiger partial charge on any atom is -0.385 e. The predicted octanol–water partition coefficient (Wildman–Crippen LogP) is 2.47. The van der Waals surface area contributed by atoms with E-state index in [9.17, 15) is 4.79 Å². The highest BCUT2D eigenvalue weighted by Gasteiger charge is 2.30. The van der Waals surface area contributed by atoms with E-state index < -0.39 is 0 Å². The molecule has 0 spiro atoms. The second-order valence-corrected chi connectivity index (χ2v) is 5.96. The first kappa shape index (κ1) is 14.4. The summed E-state index contributed by atoms with van der Waals surface area (Å²) in [6.07, 6.45) is 1.96. The number of likely N-dealkylation sites (N-methyl/N-ethyl adjacent to an activating group) is 1. The Bertz CT molecular complexity index is 497. The monoisotopic (exact) mass is 288 g/mol. The molecule has 1 saturated heterocycles. The van der Waals surface area contributed by atoms with Crippen molar-refractivity contribution in [2.75, 3.05) is 38.2 Å². The fourth-order valence-electron chi connectivity index (χ4n) is 3.36. The number of fused-ring (bicyclic) bond motifs is 1. The minimum absolute atomic E-state index is 0.00437. The Labute approximate surface area is 126 Å². The summed E-state index contributed by atoms with van der Waals surface area (Å²) in [4.78, 5) is 15.0. The largest absolute Gasteiger partial charge is 0.385 e. The van der Waals surface area contributed by atoms with Gasteiger partial charge in [-0.05, 0) is 31.4 Å². The van der Waals surface area contributed by atoms with Crippen LogP contribution in [0.25, 0.3) is 0 Å². The highest BCUT2D eigenvalue weighted by Crippen LogP contribution is 2.33. The molecule has 4 nitrogen and oxygen atoms in total. The van der Waals surface area contributed by atoms with E-state index in [1.165, 1.54) is 0 Å². The molecule has 21 heavy (non-hydrogen) atoms. The molecule has 2 unspecified atom stereocenters. The zero-order valence-electron chi connectivity index (χ0n) is 12.7. The number of ether oxygens (including phenoxy) is 1. The number of para-hydroxylation sites is 1. The Balaban J connectivity index is 1.74. The van der Waals surface area contributed by atoms with E-state index in [0.717, 1.165) is 56.9 Å². The molecule has 0 aliphatic carbocycles. The molecule has 114 valence electrons. The van der Waals surface area contributed by atoms with Gasteiger partial charge in [0.25, 0.3) is 0 Å². The summed E-state index contributed by atoms with van der Waals surface area (Å²) in [5, 5.41) is 3.39. The van der Waals surface area contributed by atoms with Gasteiger partial charge in [0.1, 0.15) is 0 Å². The standard InChI is InChI=1S/C17H24N2O2/c1-2-19(11-13-8-10-21-12-13)17(20)15-7-9-18-16-6-4-3-5-14(15)16/h3-6,13,15,18H,2,7-12H2,1H3. The lowest BCUT2D eigenvalue weighted by Gasteiger charge is -2.32. The Morgan fingerprint density at radius 1 is 1.38 bits per heavy atom. The Hall–Kier alpha value is -1.55. The van der Waals surface area contributed by atoms with Crippen LogP contribution in [-0.4, -0.2) is 43.7 Å². The molecule has 0 aromatic heterocycles. The molecular weight excluding hydrogens is 264 g/mol. The van der Waals surface area contributed by atoms with Gasteiger partial charge in [-0.3, -0.25) is 4.79 Å². The van der Waals surface area contributed by atoms with Crippen molar-refractivity contribution < 1.29 is 9.53 Å². The highest BCUT2D eigenvalue weighted by atomic mass is 16.5. The van der Waals surface area contributed by atoms with E-state index in [4.69, 9.17) is 4.74 Å². The van der Waals surface area contributed by atoms with Crippen molar-refractivity contribution in [1.82, 2.24) is 4.90 Å². The number of carbonyl (C=O) groups is 1. The van der Waals surface area contributed by atoms with Crippen molar-refractivity contribution in [1.29, 1.82) is 0 Å². The Kier molecular flexibility index (Phi) is 4.44. The minimum atomic E-state index is 0.00437. The van der Waals surface area contributed by atoms with Gasteiger partial charge in [0.05, 0.1) is 12.5 Å². The van der Waals surface area contributed by atoms with Crippen LogP contribution in [0.3, 0.4) is 0 Å². The molecule has 2 heterocycles. The van der Waals surface area contributed by atoms with Crippen molar-refractivity contribution >= 4 is 11.6 Å². The molecule has 4 heteroatoms. The summed E-state index contributed by atoms with van der Waals surface area (Å²) in [6, 6.07) is 8.19. The quantitative estimate of drug-likeness (QED) is 0.925. The van der Waals surface area contributed by atoms with Crippen LogP contribution in [-0.2, 0) is 9.53 Å². The van der Waals surface area contributed by atoms with Crippen LogP contribution >= 0.6 is 0 Å². The number of hydrogen-bond acceptors (Lipinski definition) is 3. The van der Waals surface area contributed by atoms with Crippen LogP contribution in [0.1, 0.15) is 31.2 Å². The normalized spacial score (nSPS) is 24.2. The zero-order valence-corrected chi connectivity index (χ0v) is 12.7. The third kappa shape index (κ3) is 3.05. The maximum absolute atomic E-state index is 12.9. The van der Waals surface area contributed by atoms with Gasteiger partial charge in [0.15, 0.2) is 0 Å². The number of nitrogens with one attached hydrogen (secondary N) is 1. The second-order valence-electron chi connectivity index (χ2n) is 5.96. The van der Waals surface area contributed by atoms with Crippen molar-refractivity contribution in [3.63, 3.8) is 0 Å². The van der Waals surface area contributed by atoms with Crippen molar-refractivity contribution in [2.24, 2.45) is 5.92 Å². The van der Waals surface area contributed by atoms with Gasteiger partial charge < -0.3 is 15.0 Å². The van der Waals surface area contributed by atoms with Crippen LogP contribution < -0.4 is 5.32 Å². The first-order valence-electron chi connectivity index (χ1n) is 7.99. The van der Waals surface area contributed by atoms with Crippen LogP contribution in [0.15, 0.2) is 24.3 Å². The summed E-state index contributed by atoms with van der Waals surface area (Å²) >= 11 is 0. The van der Waals surface area contributed by atoms with Gasteiger partial charge in [0.2, 0.25) is 5.91 Å². The van der Waals surface area contributed by atoms with Gasteiger partial charge in [0, 0.05) is 37.8 Å². The molecule has 2 atom stereocenters. The summed E-state index contributed by atoms with van der Waals surface area (Å²) in [6.45, 7) is 6.19. The first-order chi connectivity index (χ1) is 10.3. The smallest absolute Gasteiger partial charge is 0.230 e. The molecular formula is C17H24N2O2. The highest BCUT2D eigenvalue weighted by molar-refractivity contribution is 5.86.